The smallest absolute Gasteiger partial charge is 0.227 e. The van der Waals surface area contributed by atoms with E-state index in [0.29, 0.717) is 0 Å². The van der Waals surface area contributed by atoms with E-state index >= 15 is 0 Å². The van der Waals surface area contributed by atoms with Crippen LogP contribution in [0.1, 0.15) is 32.1 Å². The number of anilines is 2. The molecule has 6 nitrogen and oxygen atoms in total. The van der Waals surface area contributed by atoms with Crippen LogP contribution in [0.4, 0.5) is 11.5 Å². The summed E-state index contributed by atoms with van der Waals surface area (Å²) in [6.45, 7) is 5.51. The Balaban J connectivity index is 1.40. The first kappa shape index (κ1) is 17.2. The molecule has 0 bridgehead atoms. The molecule has 0 spiro atoms. The molecule has 2 heterocycles. The summed E-state index contributed by atoms with van der Waals surface area (Å²) in [4.78, 5) is 19.0. The van der Waals surface area contributed by atoms with Gasteiger partial charge in [-0.3, -0.25) is 9.69 Å². The molecule has 2 fully saturated rings. The lowest BCUT2D eigenvalue weighted by atomic mass is 9.88. The van der Waals surface area contributed by atoms with E-state index in [9.17, 15) is 4.79 Å². The Kier molecular flexibility index (Phi) is 6.43. The van der Waals surface area contributed by atoms with Gasteiger partial charge in [0, 0.05) is 32.1 Å². The van der Waals surface area contributed by atoms with Crippen LogP contribution in [0, 0.1) is 5.92 Å². The molecule has 1 aliphatic carbocycles. The van der Waals surface area contributed by atoms with Gasteiger partial charge in [-0.25, -0.2) is 4.98 Å². The van der Waals surface area contributed by atoms with Gasteiger partial charge in [-0.1, -0.05) is 19.3 Å². The number of nitrogens with zero attached hydrogens (tertiary/aromatic N) is 2. The highest BCUT2D eigenvalue weighted by Crippen LogP contribution is 2.25. The van der Waals surface area contributed by atoms with E-state index in [1.165, 1.54) is 19.3 Å². The van der Waals surface area contributed by atoms with Gasteiger partial charge in [0.2, 0.25) is 5.91 Å². The molecule has 0 atom stereocenters. The number of carbonyl (C=O) groups excluding carboxylic acids is 1. The molecule has 0 aromatic carbocycles. The number of hydrogen-bond donors (Lipinski definition) is 2. The van der Waals surface area contributed by atoms with Gasteiger partial charge in [-0.15, -0.1) is 0 Å². The first-order chi connectivity index (χ1) is 11.8. The van der Waals surface area contributed by atoms with E-state index < -0.39 is 0 Å². The van der Waals surface area contributed by atoms with E-state index in [0.717, 1.165) is 63.7 Å². The first-order valence-electron chi connectivity index (χ1n) is 9.12. The molecule has 1 saturated heterocycles. The fraction of sp³-hybridized carbons (Fsp3) is 0.667. The maximum atomic E-state index is 12.2. The van der Waals surface area contributed by atoms with Gasteiger partial charge >= 0.3 is 0 Å². The van der Waals surface area contributed by atoms with Crippen LogP contribution < -0.4 is 10.6 Å². The zero-order valence-electron chi connectivity index (χ0n) is 14.3. The summed E-state index contributed by atoms with van der Waals surface area (Å²) < 4.78 is 5.34. The number of rotatable bonds is 6. The molecular formula is C18H28N4O2. The molecule has 6 heteroatoms. The lowest BCUT2D eigenvalue weighted by Crippen LogP contribution is -2.39. The monoisotopic (exact) mass is 332 g/mol. The Labute approximate surface area is 144 Å². The van der Waals surface area contributed by atoms with E-state index in [2.05, 4.69) is 20.5 Å². The van der Waals surface area contributed by atoms with Gasteiger partial charge in [-0.2, -0.15) is 0 Å². The number of pyridine rings is 1. The molecule has 132 valence electrons. The Bertz CT molecular complexity index is 508. The lowest BCUT2D eigenvalue weighted by Gasteiger charge is -2.26. The number of amides is 1. The number of aromatic nitrogens is 1. The van der Waals surface area contributed by atoms with Crippen molar-refractivity contribution in [2.24, 2.45) is 5.92 Å². The minimum atomic E-state index is 0.143. The zero-order chi connectivity index (χ0) is 16.6. The molecule has 1 saturated carbocycles. The van der Waals surface area contributed by atoms with Crippen molar-refractivity contribution in [3.8, 4) is 0 Å². The third-order valence-electron chi connectivity index (χ3n) is 4.84. The van der Waals surface area contributed by atoms with Gasteiger partial charge < -0.3 is 15.4 Å². The van der Waals surface area contributed by atoms with Crippen molar-refractivity contribution in [1.82, 2.24) is 9.88 Å². The predicted octanol–water partition coefficient (Wildman–Crippen LogP) is 2.34. The Morgan fingerprint density at radius 3 is 2.71 bits per heavy atom. The second kappa shape index (κ2) is 8.99. The minimum Gasteiger partial charge on any atom is -0.379 e. The molecule has 3 rings (SSSR count). The highest BCUT2D eigenvalue weighted by atomic mass is 16.5. The fourth-order valence-electron chi connectivity index (χ4n) is 3.35. The highest BCUT2D eigenvalue weighted by molar-refractivity contribution is 5.92. The maximum Gasteiger partial charge on any atom is 0.227 e. The van der Waals surface area contributed by atoms with Crippen LogP contribution in [0.3, 0.4) is 0 Å². The zero-order valence-corrected chi connectivity index (χ0v) is 14.3. The van der Waals surface area contributed by atoms with Crippen molar-refractivity contribution >= 4 is 17.4 Å². The van der Waals surface area contributed by atoms with Crippen molar-refractivity contribution in [3.63, 3.8) is 0 Å². The maximum absolute atomic E-state index is 12.2. The molecule has 0 unspecified atom stereocenters. The average molecular weight is 332 g/mol. The second-order valence-electron chi connectivity index (χ2n) is 6.64. The largest absolute Gasteiger partial charge is 0.379 e. The summed E-state index contributed by atoms with van der Waals surface area (Å²) in [5, 5.41) is 6.32. The minimum absolute atomic E-state index is 0.143. The summed E-state index contributed by atoms with van der Waals surface area (Å²) in [6.07, 6.45) is 7.36. The van der Waals surface area contributed by atoms with Gasteiger partial charge in [0.15, 0.2) is 0 Å². The Morgan fingerprint density at radius 1 is 1.21 bits per heavy atom. The van der Waals surface area contributed by atoms with E-state index in [1.54, 1.807) is 6.20 Å². The van der Waals surface area contributed by atoms with Gasteiger partial charge in [0.25, 0.3) is 0 Å². The highest BCUT2D eigenvalue weighted by Gasteiger charge is 2.21. The Hall–Kier alpha value is -1.66. The third-order valence-corrected chi connectivity index (χ3v) is 4.84. The molecule has 1 aromatic rings. The van der Waals surface area contributed by atoms with Crippen LogP contribution >= 0.6 is 0 Å². The van der Waals surface area contributed by atoms with Gasteiger partial charge in [-0.05, 0) is 25.0 Å². The summed E-state index contributed by atoms with van der Waals surface area (Å²) in [6, 6.07) is 3.85. The van der Waals surface area contributed by atoms with E-state index in [-0.39, 0.29) is 11.8 Å². The van der Waals surface area contributed by atoms with Crippen LogP contribution in [0.15, 0.2) is 18.3 Å². The molecule has 24 heavy (non-hydrogen) atoms. The number of hydrogen-bond acceptors (Lipinski definition) is 5. The van der Waals surface area contributed by atoms with Crippen LogP contribution in [0.2, 0.25) is 0 Å². The third kappa shape index (κ3) is 5.18. The summed E-state index contributed by atoms with van der Waals surface area (Å²) >= 11 is 0. The van der Waals surface area contributed by atoms with Crippen LogP contribution in [-0.2, 0) is 9.53 Å². The molecular weight excluding hydrogens is 304 g/mol. The van der Waals surface area contributed by atoms with E-state index in [4.69, 9.17) is 4.74 Å². The summed E-state index contributed by atoms with van der Waals surface area (Å²) in [5.74, 6) is 1.16. The number of ether oxygens (including phenoxy) is 1. The van der Waals surface area contributed by atoms with Crippen molar-refractivity contribution in [3.05, 3.63) is 18.3 Å². The quantitative estimate of drug-likeness (QED) is 0.837. The summed E-state index contributed by atoms with van der Waals surface area (Å²) in [7, 11) is 0. The predicted molar refractivity (Wildman–Crippen MR) is 95.2 cm³/mol. The Morgan fingerprint density at radius 2 is 2.00 bits per heavy atom. The van der Waals surface area contributed by atoms with Crippen molar-refractivity contribution in [1.29, 1.82) is 0 Å². The number of carbonyl (C=O) groups is 1. The molecule has 1 aliphatic heterocycles. The van der Waals surface area contributed by atoms with Crippen LogP contribution in [0.25, 0.3) is 0 Å². The molecule has 2 aliphatic rings. The van der Waals surface area contributed by atoms with Gasteiger partial charge in [0.1, 0.15) is 5.82 Å². The summed E-state index contributed by atoms with van der Waals surface area (Å²) in [5.41, 5.74) is 0.782. The first-order valence-corrected chi connectivity index (χ1v) is 9.12. The van der Waals surface area contributed by atoms with Crippen molar-refractivity contribution < 1.29 is 9.53 Å². The molecule has 1 amide bonds. The fourth-order valence-corrected chi connectivity index (χ4v) is 3.35. The van der Waals surface area contributed by atoms with Crippen LogP contribution in [-0.4, -0.2) is 55.2 Å². The topological polar surface area (TPSA) is 66.5 Å². The average Bonchev–Trinajstić information content (AvgIpc) is 2.65. The standard InChI is InChI=1S/C18H28N4O2/c23-18(15-4-2-1-3-5-15)21-16-6-7-17(20-14-16)19-8-9-22-10-12-24-13-11-22/h6-7,14-15H,1-5,8-13H2,(H,19,20)(H,21,23). The van der Waals surface area contributed by atoms with Gasteiger partial charge in [0.05, 0.1) is 25.1 Å². The lowest BCUT2D eigenvalue weighted by molar-refractivity contribution is -0.120. The second-order valence-corrected chi connectivity index (χ2v) is 6.64. The molecule has 2 N–H and O–H groups in total. The normalized spacial score (nSPS) is 19.8. The van der Waals surface area contributed by atoms with Crippen LogP contribution in [0.5, 0.6) is 0 Å². The van der Waals surface area contributed by atoms with Crippen molar-refractivity contribution in [2.75, 3.05) is 50.0 Å². The molecule has 1 aromatic heterocycles. The SMILES string of the molecule is O=C(Nc1ccc(NCCN2CCOCC2)nc1)C1CCCCC1. The number of morpholine rings is 1. The van der Waals surface area contributed by atoms with Crippen molar-refractivity contribution in [2.45, 2.75) is 32.1 Å². The number of nitrogens with one attached hydrogen (secondary N) is 2. The molecule has 0 radical (unpaired) electrons. The van der Waals surface area contributed by atoms with E-state index in [1.807, 2.05) is 12.1 Å².